The summed E-state index contributed by atoms with van der Waals surface area (Å²) in [5.41, 5.74) is 0.935. The lowest BCUT2D eigenvalue weighted by Crippen LogP contribution is -2.50. The maximum atomic E-state index is 14.7. The van der Waals surface area contributed by atoms with Crippen LogP contribution >= 0.6 is 0 Å². The number of methoxy groups -OCH3 is 1. The van der Waals surface area contributed by atoms with E-state index in [-0.39, 0.29) is 17.5 Å². The van der Waals surface area contributed by atoms with Crippen molar-refractivity contribution in [3.63, 3.8) is 0 Å². The number of nitrogens with zero attached hydrogens (tertiary/aromatic N) is 2. The SMILES string of the molecule is COc1ccc2ncc(F)c(C=C[C@@H]3CC[C@@H](NC(=O)C=Cc4cc(F)ccc4F)[C@@H](CC(O)CO)O3)c2n1. The molecule has 206 valence electrons. The van der Waals surface area contributed by atoms with E-state index in [2.05, 4.69) is 15.3 Å². The summed E-state index contributed by atoms with van der Waals surface area (Å²) in [5.74, 6) is -2.13. The van der Waals surface area contributed by atoms with Gasteiger partial charge in [0.25, 0.3) is 0 Å². The first kappa shape index (κ1) is 28.2. The maximum Gasteiger partial charge on any atom is 0.244 e. The molecule has 3 heterocycles. The van der Waals surface area contributed by atoms with Crippen LogP contribution in [0.5, 0.6) is 5.88 Å². The summed E-state index contributed by atoms with van der Waals surface area (Å²) in [7, 11) is 1.46. The first-order chi connectivity index (χ1) is 18.8. The van der Waals surface area contributed by atoms with Crippen LogP contribution in [0.2, 0.25) is 0 Å². The van der Waals surface area contributed by atoms with Gasteiger partial charge >= 0.3 is 0 Å². The number of nitrogens with one attached hydrogen (secondary N) is 1. The van der Waals surface area contributed by atoms with E-state index in [0.29, 0.717) is 29.8 Å². The quantitative estimate of drug-likeness (QED) is 0.354. The van der Waals surface area contributed by atoms with Crippen LogP contribution in [0.15, 0.2) is 48.7 Å². The monoisotopic (exact) mass is 543 g/mol. The van der Waals surface area contributed by atoms with Crippen LogP contribution in [0.25, 0.3) is 23.2 Å². The van der Waals surface area contributed by atoms with Gasteiger partial charge in [-0.05, 0) is 43.2 Å². The Morgan fingerprint density at radius 2 is 2.03 bits per heavy atom. The van der Waals surface area contributed by atoms with Crippen LogP contribution in [0.4, 0.5) is 13.2 Å². The lowest BCUT2D eigenvalue weighted by Gasteiger charge is -2.36. The van der Waals surface area contributed by atoms with E-state index in [0.717, 1.165) is 36.5 Å². The summed E-state index contributed by atoms with van der Waals surface area (Å²) in [6.45, 7) is -0.499. The van der Waals surface area contributed by atoms with Gasteiger partial charge in [-0.2, -0.15) is 0 Å². The Hall–Kier alpha value is -3.80. The molecule has 11 heteroatoms. The van der Waals surface area contributed by atoms with Crippen LogP contribution in [0, 0.1) is 17.5 Å². The van der Waals surface area contributed by atoms with Gasteiger partial charge in [0.15, 0.2) is 5.82 Å². The molecule has 8 nitrogen and oxygen atoms in total. The third-order valence-corrected chi connectivity index (χ3v) is 6.34. The Morgan fingerprint density at radius 1 is 1.21 bits per heavy atom. The van der Waals surface area contributed by atoms with Crippen LogP contribution < -0.4 is 10.1 Å². The molecular formula is C28H28F3N3O5. The first-order valence-corrected chi connectivity index (χ1v) is 12.3. The van der Waals surface area contributed by atoms with Gasteiger partial charge in [0.1, 0.15) is 17.2 Å². The van der Waals surface area contributed by atoms with Crippen molar-refractivity contribution < 1.29 is 37.7 Å². The number of carbonyl (C=O) groups is 1. The minimum atomic E-state index is -1.09. The van der Waals surface area contributed by atoms with Crippen molar-refractivity contribution in [3.05, 3.63) is 77.3 Å². The molecule has 0 bridgehead atoms. The fourth-order valence-corrected chi connectivity index (χ4v) is 4.35. The van der Waals surface area contributed by atoms with Gasteiger partial charge in [0.05, 0.1) is 49.8 Å². The second-order valence-corrected chi connectivity index (χ2v) is 9.08. The number of hydrogen-bond acceptors (Lipinski definition) is 7. The third kappa shape index (κ3) is 7.20. The second-order valence-electron chi connectivity index (χ2n) is 9.08. The van der Waals surface area contributed by atoms with Crippen molar-refractivity contribution >= 4 is 29.1 Å². The highest BCUT2D eigenvalue weighted by molar-refractivity contribution is 5.92. The standard InChI is InChI=1S/C28H28F3N3O5/c1-38-27-11-9-24-28(34-27)20(22(31)14-32-24)6-4-19-5-8-23(25(39-19)13-18(36)15-35)33-26(37)10-2-16-12-17(29)3-7-21(16)30/h2-4,6-7,9-12,14,18-19,23,25,35-36H,5,8,13,15H2,1H3,(H,33,37)/t18?,19-,23-,25-/m1/s1. The van der Waals surface area contributed by atoms with Gasteiger partial charge in [0.2, 0.25) is 11.8 Å². The zero-order valence-electron chi connectivity index (χ0n) is 21.1. The zero-order valence-corrected chi connectivity index (χ0v) is 21.1. The minimum Gasteiger partial charge on any atom is -0.481 e. The Balaban J connectivity index is 1.48. The summed E-state index contributed by atoms with van der Waals surface area (Å²) < 4.78 is 53.1. The second kappa shape index (κ2) is 12.8. The number of halogens is 3. The molecule has 3 aromatic rings. The lowest BCUT2D eigenvalue weighted by atomic mass is 9.94. The fourth-order valence-electron chi connectivity index (χ4n) is 4.35. The zero-order chi connectivity index (χ0) is 27.9. The molecule has 1 amide bonds. The molecule has 3 N–H and O–H groups in total. The summed E-state index contributed by atoms with van der Waals surface area (Å²) in [6.07, 6.45) is 5.23. The average molecular weight is 544 g/mol. The molecule has 1 saturated heterocycles. The van der Waals surface area contributed by atoms with Gasteiger partial charge in [-0.15, -0.1) is 0 Å². The number of hydrogen-bond donors (Lipinski definition) is 3. The smallest absolute Gasteiger partial charge is 0.244 e. The van der Waals surface area contributed by atoms with Crippen molar-refractivity contribution in [2.24, 2.45) is 0 Å². The van der Waals surface area contributed by atoms with Gasteiger partial charge in [-0.25, -0.2) is 18.2 Å². The predicted molar refractivity (Wildman–Crippen MR) is 138 cm³/mol. The van der Waals surface area contributed by atoms with Crippen molar-refractivity contribution in [2.75, 3.05) is 13.7 Å². The summed E-state index contributed by atoms with van der Waals surface area (Å²) in [5, 5.41) is 22.1. The van der Waals surface area contributed by atoms with Gasteiger partial charge < -0.3 is 25.0 Å². The van der Waals surface area contributed by atoms with Gasteiger partial charge in [0, 0.05) is 29.7 Å². The van der Waals surface area contributed by atoms with E-state index in [1.165, 1.54) is 7.11 Å². The van der Waals surface area contributed by atoms with Crippen LogP contribution in [0.3, 0.4) is 0 Å². The van der Waals surface area contributed by atoms with Gasteiger partial charge in [-0.3, -0.25) is 9.78 Å². The molecule has 4 atom stereocenters. The Kier molecular flexibility index (Phi) is 9.28. The van der Waals surface area contributed by atoms with Crippen LogP contribution in [-0.4, -0.2) is 64.2 Å². The van der Waals surface area contributed by atoms with E-state index in [1.54, 1.807) is 24.3 Å². The minimum absolute atomic E-state index is 0.0271. The summed E-state index contributed by atoms with van der Waals surface area (Å²) in [4.78, 5) is 20.9. The molecule has 0 aliphatic carbocycles. The number of fused-ring (bicyclic) bond motifs is 1. The van der Waals surface area contributed by atoms with E-state index < -0.39 is 54.3 Å². The van der Waals surface area contributed by atoms with E-state index in [1.807, 2.05) is 0 Å². The molecule has 4 rings (SSSR count). The number of carbonyl (C=O) groups excluding carboxylic acids is 1. The fraction of sp³-hybridized carbons (Fsp3) is 0.321. The average Bonchev–Trinajstić information content (AvgIpc) is 2.93. The molecule has 1 unspecified atom stereocenters. The molecule has 0 spiro atoms. The number of aliphatic hydroxyl groups is 2. The first-order valence-electron chi connectivity index (χ1n) is 12.3. The lowest BCUT2D eigenvalue weighted by molar-refractivity contribution is -0.121. The number of pyridine rings is 2. The molecule has 1 aliphatic rings. The number of aromatic nitrogens is 2. The molecular weight excluding hydrogens is 515 g/mol. The molecule has 39 heavy (non-hydrogen) atoms. The number of aliphatic hydroxyl groups excluding tert-OH is 2. The van der Waals surface area contributed by atoms with Crippen molar-refractivity contribution in [1.82, 2.24) is 15.3 Å². The Morgan fingerprint density at radius 3 is 2.79 bits per heavy atom. The van der Waals surface area contributed by atoms with Gasteiger partial charge in [-0.1, -0.05) is 12.2 Å². The van der Waals surface area contributed by atoms with Crippen molar-refractivity contribution in [2.45, 2.75) is 43.6 Å². The Labute approximate surface area is 222 Å². The number of amides is 1. The third-order valence-electron chi connectivity index (χ3n) is 6.34. The predicted octanol–water partition coefficient (Wildman–Crippen LogP) is 3.56. The molecule has 0 saturated carbocycles. The normalized spacial score (nSPS) is 20.5. The van der Waals surface area contributed by atoms with Crippen molar-refractivity contribution in [3.8, 4) is 5.88 Å². The van der Waals surface area contributed by atoms with Crippen LogP contribution in [-0.2, 0) is 9.53 Å². The van der Waals surface area contributed by atoms with E-state index in [9.17, 15) is 28.2 Å². The molecule has 0 radical (unpaired) electrons. The highest BCUT2D eigenvalue weighted by atomic mass is 19.1. The maximum absolute atomic E-state index is 14.7. The molecule has 2 aromatic heterocycles. The van der Waals surface area contributed by atoms with Crippen LogP contribution in [0.1, 0.15) is 30.4 Å². The number of ether oxygens (including phenoxy) is 2. The van der Waals surface area contributed by atoms with E-state index >= 15 is 0 Å². The summed E-state index contributed by atoms with van der Waals surface area (Å²) in [6, 6.07) is 5.68. The molecule has 1 aliphatic heterocycles. The van der Waals surface area contributed by atoms with Crippen molar-refractivity contribution in [1.29, 1.82) is 0 Å². The number of rotatable bonds is 9. The highest BCUT2D eigenvalue weighted by Crippen LogP contribution is 2.27. The summed E-state index contributed by atoms with van der Waals surface area (Å²) >= 11 is 0. The topological polar surface area (TPSA) is 114 Å². The number of benzene rings is 1. The molecule has 1 fully saturated rings. The Bertz CT molecular complexity index is 1380. The van der Waals surface area contributed by atoms with E-state index in [4.69, 9.17) is 9.47 Å². The molecule has 1 aromatic carbocycles. The highest BCUT2D eigenvalue weighted by Gasteiger charge is 2.32. The largest absolute Gasteiger partial charge is 0.481 e.